The number of oxime groups is 1. The number of nitrogens with one attached hydrogen (secondary N) is 3. The minimum absolute atomic E-state index is 0.0321. The lowest BCUT2D eigenvalue weighted by Crippen LogP contribution is -2.73. The Morgan fingerprint density at radius 3 is 2.63 bits per heavy atom. The van der Waals surface area contributed by atoms with Crippen molar-refractivity contribution in [3.05, 3.63) is 23.0 Å². The Morgan fingerprint density at radius 2 is 2.08 bits per heavy atom. The van der Waals surface area contributed by atoms with Gasteiger partial charge in [-0.25, -0.2) is 14.1 Å². The van der Waals surface area contributed by atoms with E-state index in [1.54, 1.807) is 0 Å². The zero-order valence-corrected chi connectivity index (χ0v) is 21.4. The molecule has 3 rings (SSSR count). The van der Waals surface area contributed by atoms with Crippen molar-refractivity contribution in [3.8, 4) is 0 Å². The maximum Gasteiger partial charge on any atom is 0.362 e. The number of nitrogens with zero attached hydrogens (tertiary/aromatic N) is 6. The number of carboxylic acid groups (broad SMARTS) is 1. The molecule has 1 saturated heterocycles. The second-order valence-electron chi connectivity index (χ2n) is 8.21. The molecular formula is C17H23N11O8S2. The third kappa shape index (κ3) is 6.30. The molecule has 0 radical (unpaired) electrons. The summed E-state index contributed by atoms with van der Waals surface area (Å²) in [6.45, 7) is 2.01. The molecule has 0 unspecified atom stereocenters. The number of aromatic nitrogens is 4. The zero-order chi connectivity index (χ0) is 28.4. The van der Waals surface area contributed by atoms with Crippen LogP contribution in [0.25, 0.3) is 0 Å². The van der Waals surface area contributed by atoms with Crippen LogP contribution in [0.2, 0.25) is 0 Å². The number of carboxylic acids is 1. The van der Waals surface area contributed by atoms with Gasteiger partial charge in [-0.1, -0.05) is 5.16 Å². The number of aliphatic carboxylic acids is 1. The van der Waals surface area contributed by atoms with Crippen LogP contribution in [-0.2, 0) is 42.6 Å². The molecular weight excluding hydrogens is 550 g/mol. The number of amides is 2. The monoisotopic (exact) mass is 573 g/mol. The number of rotatable bonds is 11. The Morgan fingerprint density at radius 1 is 1.39 bits per heavy atom. The van der Waals surface area contributed by atoms with Crippen molar-refractivity contribution in [1.82, 2.24) is 34.9 Å². The van der Waals surface area contributed by atoms with Crippen molar-refractivity contribution in [1.29, 1.82) is 5.41 Å². The smallest absolute Gasteiger partial charge is 0.362 e. The van der Waals surface area contributed by atoms with E-state index in [0.717, 1.165) is 16.1 Å². The van der Waals surface area contributed by atoms with Crippen LogP contribution in [0.4, 0.5) is 5.13 Å². The van der Waals surface area contributed by atoms with Gasteiger partial charge in [-0.15, -0.1) is 11.3 Å². The molecule has 2 atom stereocenters. The Hall–Kier alpha value is -4.37. The number of anilines is 1. The predicted molar refractivity (Wildman–Crippen MR) is 129 cm³/mol. The summed E-state index contributed by atoms with van der Waals surface area (Å²) < 4.78 is 33.3. The Labute approximate surface area is 218 Å². The molecule has 0 aromatic carbocycles. The Kier molecular flexibility index (Phi) is 7.83. The molecule has 0 saturated carbocycles. The maximum absolute atomic E-state index is 13.1. The fourth-order valence-electron chi connectivity index (χ4n) is 3.01. The molecule has 0 spiro atoms. The Bertz CT molecular complexity index is 1400. The van der Waals surface area contributed by atoms with E-state index < -0.39 is 51.5 Å². The first-order chi connectivity index (χ1) is 17.6. The van der Waals surface area contributed by atoms with E-state index in [2.05, 4.69) is 31.0 Å². The minimum atomic E-state index is -5.02. The lowest BCUT2D eigenvalue weighted by Gasteiger charge is -2.43. The van der Waals surface area contributed by atoms with Gasteiger partial charge < -0.3 is 32.0 Å². The largest absolute Gasteiger partial charge is 0.478 e. The molecule has 9 N–H and O–H groups in total. The summed E-state index contributed by atoms with van der Waals surface area (Å²) >= 11 is 0.943. The van der Waals surface area contributed by atoms with E-state index in [0.29, 0.717) is 5.69 Å². The fraction of sp³-hybridized carbons (Fsp3) is 0.412. The molecule has 0 aliphatic carbocycles. The van der Waals surface area contributed by atoms with E-state index in [-0.39, 0.29) is 34.2 Å². The van der Waals surface area contributed by atoms with Crippen molar-refractivity contribution >= 4 is 56.2 Å². The van der Waals surface area contributed by atoms with Gasteiger partial charge in [0.2, 0.25) is 5.60 Å². The molecule has 206 valence electrons. The highest BCUT2D eigenvalue weighted by Gasteiger charge is 2.54. The van der Waals surface area contributed by atoms with E-state index in [1.165, 1.54) is 25.4 Å². The third-order valence-electron chi connectivity index (χ3n) is 4.96. The molecule has 38 heavy (non-hydrogen) atoms. The van der Waals surface area contributed by atoms with Crippen LogP contribution in [-0.4, -0.2) is 89.5 Å². The summed E-state index contributed by atoms with van der Waals surface area (Å²) in [6.07, 6.45) is 1.29. The summed E-state index contributed by atoms with van der Waals surface area (Å²) in [5.74, 6) is -3.95. The highest BCUT2D eigenvalue weighted by Crippen LogP contribution is 2.25. The number of carbonyl (C=O) groups is 3. The van der Waals surface area contributed by atoms with Crippen LogP contribution in [0.5, 0.6) is 0 Å². The number of carbonyl (C=O) groups excluding carboxylic acids is 2. The average Bonchev–Trinajstić information content (AvgIpc) is 3.43. The predicted octanol–water partition coefficient (Wildman–Crippen LogP) is -2.92. The lowest BCUT2D eigenvalue weighted by atomic mass is 9.98. The van der Waals surface area contributed by atoms with Crippen molar-refractivity contribution in [2.24, 2.45) is 10.9 Å². The van der Waals surface area contributed by atoms with Crippen molar-refractivity contribution < 1.29 is 37.3 Å². The molecule has 1 aliphatic rings. The van der Waals surface area contributed by atoms with Gasteiger partial charge in [-0.2, -0.15) is 23.4 Å². The van der Waals surface area contributed by atoms with E-state index in [1.807, 2.05) is 0 Å². The summed E-state index contributed by atoms with van der Waals surface area (Å²) in [4.78, 5) is 47.0. The topological polar surface area (TPSA) is 294 Å². The van der Waals surface area contributed by atoms with Crippen molar-refractivity contribution in [3.63, 3.8) is 0 Å². The van der Waals surface area contributed by atoms with Crippen LogP contribution >= 0.6 is 11.3 Å². The molecule has 3 heterocycles. The normalized spacial score (nSPS) is 18.0. The summed E-state index contributed by atoms with van der Waals surface area (Å²) in [5, 5.41) is 34.2. The van der Waals surface area contributed by atoms with Crippen LogP contribution in [0.15, 0.2) is 16.7 Å². The molecule has 2 aromatic rings. The maximum atomic E-state index is 13.1. The highest BCUT2D eigenvalue weighted by molar-refractivity contribution is 7.84. The number of guanidine groups is 1. The zero-order valence-electron chi connectivity index (χ0n) is 19.7. The molecule has 2 aromatic heterocycles. The first-order valence-corrected chi connectivity index (χ1v) is 12.7. The Balaban J connectivity index is 1.85. The van der Waals surface area contributed by atoms with E-state index in [4.69, 9.17) is 21.7 Å². The van der Waals surface area contributed by atoms with Gasteiger partial charge in [0.25, 0.3) is 11.8 Å². The highest BCUT2D eigenvalue weighted by atomic mass is 32.2. The number of β-lactam (4-membered cyclic amide) rings is 1. The van der Waals surface area contributed by atoms with Crippen LogP contribution < -0.4 is 22.1 Å². The number of hydrogen-bond acceptors (Lipinski definition) is 13. The molecule has 1 fully saturated rings. The van der Waals surface area contributed by atoms with Crippen LogP contribution in [0.1, 0.15) is 25.2 Å². The van der Waals surface area contributed by atoms with E-state index >= 15 is 0 Å². The third-order valence-corrected chi connectivity index (χ3v) is 6.58. The second kappa shape index (κ2) is 10.5. The van der Waals surface area contributed by atoms with Crippen molar-refractivity contribution in [2.45, 2.75) is 44.6 Å². The van der Waals surface area contributed by atoms with Gasteiger partial charge in [0.15, 0.2) is 16.8 Å². The van der Waals surface area contributed by atoms with Gasteiger partial charge in [-0.05, 0) is 13.8 Å². The van der Waals surface area contributed by atoms with Crippen molar-refractivity contribution in [2.75, 3.05) is 5.73 Å². The van der Waals surface area contributed by atoms with Gasteiger partial charge in [0, 0.05) is 5.38 Å². The molecule has 2 amide bonds. The standard InChI is InChI=1S/C17H23N11O8S2/c1-17(2,14(31)32)36-26-10(8-6-37-16(20)23-8)12(29)24-11-9(28(13(11)30)38(33,34)35)5-27-22-4-7(25-27)3-21-15(18)19/h4,6,9,11H,3,5H2,1-2H3,(H2,20,23)(H,24,29)(H,31,32)(H4,18,19,21)(H,33,34,35)/t9-,11-/m0/s1. The SMILES string of the molecule is CC(C)(ON=C(C(=O)N[C@@H]1C(=O)N(S(=O)(=O)O)[C@H]1Cn1ncc(CNC(=N)N)n1)c1csc(N)n1)C(=O)O. The molecule has 21 heteroatoms. The minimum Gasteiger partial charge on any atom is -0.478 e. The lowest BCUT2D eigenvalue weighted by molar-refractivity contribution is -0.161. The molecule has 0 bridgehead atoms. The van der Waals surface area contributed by atoms with Gasteiger partial charge >= 0.3 is 16.3 Å². The first kappa shape index (κ1) is 28.2. The van der Waals surface area contributed by atoms with E-state index in [9.17, 15) is 32.5 Å². The van der Waals surface area contributed by atoms with Gasteiger partial charge in [0.1, 0.15) is 23.5 Å². The average molecular weight is 574 g/mol. The van der Waals surface area contributed by atoms with Gasteiger partial charge in [-0.3, -0.25) is 19.6 Å². The summed E-state index contributed by atoms with van der Waals surface area (Å²) in [6, 6.07) is -2.86. The molecule has 19 nitrogen and oxygen atoms in total. The number of nitrogen functional groups attached to an aromatic ring is 1. The summed E-state index contributed by atoms with van der Waals surface area (Å²) in [5.41, 5.74) is 8.66. The summed E-state index contributed by atoms with van der Waals surface area (Å²) in [7, 11) is -5.02. The van der Waals surface area contributed by atoms with Crippen LogP contribution in [0, 0.1) is 5.41 Å². The van der Waals surface area contributed by atoms with Gasteiger partial charge in [0.05, 0.1) is 19.3 Å². The fourth-order valence-corrected chi connectivity index (χ4v) is 4.42. The first-order valence-electron chi connectivity index (χ1n) is 10.4. The molecule has 1 aliphatic heterocycles. The number of hydrogen-bond donors (Lipinski definition) is 7. The number of nitrogens with two attached hydrogens (primary N) is 2. The second-order valence-corrected chi connectivity index (χ2v) is 10.4. The quantitative estimate of drug-likeness (QED) is 0.0466. The van der Waals surface area contributed by atoms with Crippen LogP contribution in [0.3, 0.4) is 0 Å². The number of thiazole rings is 1.